The first kappa shape index (κ1) is 12.8. The van der Waals surface area contributed by atoms with Gasteiger partial charge in [0.2, 0.25) is 0 Å². The number of hydrogen-bond acceptors (Lipinski definition) is 7. The van der Waals surface area contributed by atoms with Gasteiger partial charge in [-0.05, 0) is 6.26 Å². The second kappa shape index (κ2) is 5.04. The van der Waals surface area contributed by atoms with E-state index in [2.05, 4.69) is 20.2 Å². The molecule has 2 aromatic rings. The molecule has 1 fully saturated rings. The van der Waals surface area contributed by atoms with Gasteiger partial charge in [-0.2, -0.15) is 5.10 Å². The lowest BCUT2D eigenvalue weighted by Crippen LogP contribution is -2.13. The molecule has 3 atom stereocenters. The van der Waals surface area contributed by atoms with E-state index in [-0.39, 0.29) is 12.7 Å². The average Bonchev–Trinajstić information content (AvgIpc) is 3.01. The van der Waals surface area contributed by atoms with Crippen LogP contribution in [0.2, 0.25) is 0 Å². The lowest BCUT2D eigenvalue weighted by Gasteiger charge is -2.12. The number of ether oxygens (including phenoxy) is 1. The highest BCUT2D eigenvalue weighted by molar-refractivity contribution is 7.98. The summed E-state index contributed by atoms with van der Waals surface area (Å²) in [4.78, 5) is 8.35. The molecular weight excluding hydrogens is 268 g/mol. The minimum atomic E-state index is -0.673. The molecule has 0 unspecified atom stereocenters. The van der Waals surface area contributed by atoms with Gasteiger partial charge in [-0.3, -0.25) is 5.10 Å². The maximum atomic E-state index is 10.0. The Hall–Kier alpha value is -1.22. The number of hydrogen-bond donors (Lipinski definition) is 3. The van der Waals surface area contributed by atoms with E-state index in [4.69, 9.17) is 9.84 Å². The number of thioether (sulfide) groups is 1. The number of rotatable bonds is 3. The molecule has 0 aliphatic carbocycles. The van der Waals surface area contributed by atoms with Crippen LogP contribution >= 0.6 is 11.8 Å². The topological polar surface area (TPSA) is 104 Å². The predicted molar refractivity (Wildman–Crippen MR) is 68.8 cm³/mol. The Morgan fingerprint density at radius 2 is 2.32 bits per heavy atom. The second-order valence-corrected chi connectivity index (χ2v) is 5.18. The number of aliphatic hydroxyl groups excluding tert-OH is 2. The summed E-state index contributed by atoms with van der Waals surface area (Å²) in [7, 11) is 0. The number of aromatic nitrogens is 4. The van der Waals surface area contributed by atoms with Gasteiger partial charge in [-0.1, -0.05) is 0 Å². The van der Waals surface area contributed by atoms with E-state index >= 15 is 0 Å². The first-order valence-electron chi connectivity index (χ1n) is 5.92. The van der Waals surface area contributed by atoms with Gasteiger partial charge in [-0.25, -0.2) is 9.97 Å². The van der Waals surface area contributed by atoms with Crippen molar-refractivity contribution in [3.8, 4) is 0 Å². The molecule has 102 valence electrons. The van der Waals surface area contributed by atoms with Gasteiger partial charge in [-0.15, -0.1) is 11.8 Å². The van der Waals surface area contributed by atoms with E-state index in [0.29, 0.717) is 23.1 Å². The van der Waals surface area contributed by atoms with E-state index < -0.39 is 12.2 Å². The molecule has 19 heavy (non-hydrogen) atoms. The first-order valence-corrected chi connectivity index (χ1v) is 7.14. The second-order valence-electron chi connectivity index (χ2n) is 4.38. The van der Waals surface area contributed by atoms with Crippen LogP contribution in [0.5, 0.6) is 0 Å². The standard InChI is InChI=1S/C11H14N4O3S/c1-19-11-9-7(12-4-13-11)8(14-15-9)10-6(17)2-5(3-16)18-10/h4-6,10,16-17H,2-3H2,1H3,(H,14,15)/t5-,6+,10+/m0/s1. The lowest BCUT2D eigenvalue weighted by atomic mass is 10.1. The third-order valence-electron chi connectivity index (χ3n) is 3.21. The molecule has 3 N–H and O–H groups in total. The molecule has 7 nitrogen and oxygen atoms in total. The van der Waals surface area contributed by atoms with E-state index in [1.54, 1.807) is 0 Å². The number of aromatic amines is 1. The lowest BCUT2D eigenvalue weighted by molar-refractivity contribution is -0.0123. The van der Waals surface area contributed by atoms with Crippen LogP contribution < -0.4 is 0 Å². The summed E-state index contributed by atoms with van der Waals surface area (Å²) >= 11 is 1.48. The largest absolute Gasteiger partial charge is 0.394 e. The Labute approximate surface area is 113 Å². The van der Waals surface area contributed by atoms with Crippen molar-refractivity contribution in [1.82, 2.24) is 20.2 Å². The van der Waals surface area contributed by atoms with Gasteiger partial charge in [0.1, 0.15) is 28.5 Å². The zero-order valence-corrected chi connectivity index (χ0v) is 11.1. The third kappa shape index (κ3) is 2.10. The smallest absolute Gasteiger partial charge is 0.143 e. The Balaban J connectivity index is 2.02. The Morgan fingerprint density at radius 1 is 1.47 bits per heavy atom. The van der Waals surface area contributed by atoms with Crippen LogP contribution in [0, 0.1) is 0 Å². The van der Waals surface area contributed by atoms with Gasteiger partial charge in [0.05, 0.1) is 24.5 Å². The summed E-state index contributed by atoms with van der Waals surface area (Å²) < 4.78 is 5.61. The fourth-order valence-electron chi connectivity index (χ4n) is 2.30. The number of fused-ring (bicyclic) bond motifs is 1. The van der Waals surface area contributed by atoms with Crippen LogP contribution in [0.15, 0.2) is 11.4 Å². The van der Waals surface area contributed by atoms with Crippen molar-refractivity contribution in [2.75, 3.05) is 12.9 Å². The van der Waals surface area contributed by atoms with Crippen molar-refractivity contribution in [2.24, 2.45) is 0 Å². The van der Waals surface area contributed by atoms with Gasteiger partial charge in [0.15, 0.2) is 0 Å². The Bertz CT molecular complexity index is 590. The molecular formula is C11H14N4O3S. The van der Waals surface area contributed by atoms with Crippen molar-refractivity contribution in [2.45, 2.75) is 29.8 Å². The molecule has 0 amide bonds. The SMILES string of the molecule is CSc1ncnc2c([C@@H]3O[C@H](CO)C[C@H]3O)[nH]nc12. The van der Waals surface area contributed by atoms with Crippen molar-refractivity contribution >= 4 is 22.8 Å². The minimum Gasteiger partial charge on any atom is -0.394 e. The molecule has 8 heteroatoms. The molecule has 0 radical (unpaired) electrons. The van der Waals surface area contributed by atoms with Gasteiger partial charge in [0, 0.05) is 6.42 Å². The molecule has 1 saturated heterocycles. The quantitative estimate of drug-likeness (QED) is 0.548. The van der Waals surface area contributed by atoms with Crippen LogP contribution in [0.4, 0.5) is 0 Å². The zero-order valence-electron chi connectivity index (χ0n) is 10.3. The molecule has 0 spiro atoms. The van der Waals surface area contributed by atoms with Crippen LogP contribution in [0.1, 0.15) is 18.2 Å². The molecule has 1 aliphatic rings. The molecule has 3 heterocycles. The summed E-state index contributed by atoms with van der Waals surface area (Å²) in [5.41, 5.74) is 1.96. The van der Waals surface area contributed by atoms with Crippen molar-refractivity contribution in [1.29, 1.82) is 0 Å². The third-order valence-corrected chi connectivity index (χ3v) is 3.89. The summed E-state index contributed by atoms with van der Waals surface area (Å²) in [6.07, 6.45) is 2.24. The monoisotopic (exact) mass is 282 g/mol. The summed E-state index contributed by atoms with van der Waals surface area (Å²) in [5, 5.41) is 27.0. The van der Waals surface area contributed by atoms with Crippen LogP contribution in [-0.2, 0) is 4.74 Å². The normalized spacial score (nSPS) is 27.2. The van der Waals surface area contributed by atoms with E-state index in [9.17, 15) is 5.11 Å². The Morgan fingerprint density at radius 3 is 3.00 bits per heavy atom. The zero-order chi connectivity index (χ0) is 13.4. The highest BCUT2D eigenvalue weighted by Gasteiger charge is 2.37. The summed E-state index contributed by atoms with van der Waals surface area (Å²) in [5.74, 6) is 0. The Kier molecular flexibility index (Phi) is 3.40. The molecule has 3 rings (SSSR count). The number of nitrogens with one attached hydrogen (secondary N) is 1. The van der Waals surface area contributed by atoms with Crippen molar-refractivity contribution in [3.05, 3.63) is 12.0 Å². The fraction of sp³-hybridized carbons (Fsp3) is 0.545. The van der Waals surface area contributed by atoms with Gasteiger partial charge >= 0.3 is 0 Å². The van der Waals surface area contributed by atoms with Crippen molar-refractivity contribution in [3.63, 3.8) is 0 Å². The van der Waals surface area contributed by atoms with E-state index in [0.717, 1.165) is 5.03 Å². The highest BCUT2D eigenvalue weighted by Crippen LogP contribution is 2.35. The summed E-state index contributed by atoms with van der Waals surface area (Å²) in [6.45, 7) is -0.106. The van der Waals surface area contributed by atoms with Crippen molar-refractivity contribution < 1.29 is 14.9 Å². The van der Waals surface area contributed by atoms with E-state index in [1.165, 1.54) is 18.1 Å². The fourth-order valence-corrected chi connectivity index (χ4v) is 2.79. The van der Waals surface area contributed by atoms with E-state index in [1.807, 2.05) is 6.26 Å². The summed E-state index contributed by atoms with van der Waals surface area (Å²) in [6, 6.07) is 0. The number of aliphatic hydroxyl groups is 2. The van der Waals surface area contributed by atoms with Crippen LogP contribution in [0.25, 0.3) is 11.0 Å². The maximum absolute atomic E-state index is 10.0. The average molecular weight is 282 g/mol. The maximum Gasteiger partial charge on any atom is 0.143 e. The number of nitrogens with zero attached hydrogens (tertiary/aromatic N) is 3. The van der Waals surface area contributed by atoms with Crippen LogP contribution in [-0.4, -0.2) is 55.4 Å². The molecule has 0 aromatic carbocycles. The molecule has 2 aromatic heterocycles. The molecule has 1 aliphatic heterocycles. The molecule has 0 saturated carbocycles. The van der Waals surface area contributed by atoms with Gasteiger partial charge < -0.3 is 14.9 Å². The predicted octanol–water partition coefficient (Wildman–Crippen LogP) is 0.258. The van der Waals surface area contributed by atoms with Crippen LogP contribution in [0.3, 0.4) is 0 Å². The minimum absolute atomic E-state index is 0.106. The molecule has 0 bridgehead atoms. The number of H-pyrrole nitrogens is 1. The first-order chi connectivity index (χ1) is 9.24. The van der Waals surface area contributed by atoms with Gasteiger partial charge in [0.25, 0.3) is 0 Å². The highest BCUT2D eigenvalue weighted by atomic mass is 32.2.